The van der Waals surface area contributed by atoms with Gasteiger partial charge < -0.3 is 15.0 Å². The highest BCUT2D eigenvalue weighted by molar-refractivity contribution is 6.31. The minimum absolute atomic E-state index is 0. The SMILES string of the molecule is Cl.Cl.NC1CCC(n2cc(-c3ccc(OC(F)(F)F)cc3)c3cc(CN4CCN(Cc5ccccc5Cl)CC4)ccc32)CC1. The van der Waals surface area contributed by atoms with Crippen LogP contribution in [0.15, 0.2) is 72.9 Å². The van der Waals surface area contributed by atoms with Crippen LogP contribution < -0.4 is 10.5 Å². The van der Waals surface area contributed by atoms with Gasteiger partial charge in [0.15, 0.2) is 0 Å². The molecule has 238 valence electrons. The van der Waals surface area contributed by atoms with Crippen molar-refractivity contribution >= 4 is 47.3 Å². The van der Waals surface area contributed by atoms with Gasteiger partial charge in [-0.05, 0) is 72.7 Å². The zero-order valence-corrected chi connectivity index (χ0v) is 26.7. The van der Waals surface area contributed by atoms with Crippen LogP contribution in [0.2, 0.25) is 5.02 Å². The molecule has 0 unspecified atom stereocenters. The Morgan fingerprint density at radius 3 is 2.09 bits per heavy atom. The zero-order chi connectivity index (χ0) is 29.3. The Morgan fingerprint density at radius 2 is 1.45 bits per heavy atom. The van der Waals surface area contributed by atoms with Crippen molar-refractivity contribution in [3.05, 3.63) is 89.1 Å². The molecule has 1 aliphatic carbocycles. The molecular weight excluding hydrogens is 632 g/mol. The maximum atomic E-state index is 12.7. The number of fused-ring (bicyclic) bond motifs is 1. The van der Waals surface area contributed by atoms with Crippen LogP contribution in [0.1, 0.15) is 42.9 Å². The number of rotatable bonds is 7. The number of nitrogens with zero attached hydrogens (tertiary/aromatic N) is 3. The van der Waals surface area contributed by atoms with Gasteiger partial charge >= 0.3 is 6.36 Å². The third-order valence-electron chi connectivity index (χ3n) is 8.65. The number of hydrogen-bond donors (Lipinski definition) is 1. The van der Waals surface area contributed by atoms with Gasteiger partial charge in [-0.1, -0.05) is 48.0 Å². The fraction of sp³-hybridized carbons (Fsp3) is 0.394. The number of hydrogen-bond acceptors (Lipinski definition) is 4. The number of ether oxygens (including phenoxy) is 1. The fourth-order valence-corrected chi connectivity index (χ4v) is 6.58. The first-order valence-corrected chi connectivity index (χ1v) is 15.0. The van der Waals surface area contributed by atoms with Crippen LogP contribution in [0, 0.1) is 0 Å². The quantitative estimate of drug-likeness (QED) is 0.215. The highest BCUT2D eigenvalue weighted by Gasteiger charge is 2.31. The summed E-state index contributed by atoms with van der Waals surface area (Å²) in [4.78, 5) is 4.92. The van der Waals surface area contributed by atoms with Gasteiger partial charge in [0.1, 0.15) is 5.75 Å². The third-order valence-corrected chi connectivity index (χ3v) is 9.02. The minimum atomic E-state index is -4.71. The Labute approximate surface area is 273 Å². The van der Waals surface area contributed by atoms with Crippen molar-refractivity contribution in [2.75, 3.05) is 26.2 Å². The van der Waals surface area contributed by atoms with Crippen LogP contribution in [-0.2, 0) is 13.1 Å². The topological polar surface area (TPSA) is 46.7 Å². The highest BCUT2D eigenvalue weighted by Crippen LogP contribution is 2.38. The molecule has 1 saturated carbocycles. The summed E-state index contributed by atoms with van der Waals surface area (Å²) < 4.78 is 44.7. The van der Waals surface area contributed by atoms with E-state index in [0.717, 1.165) is 97.6 Å². The summed E-state index contributed by atoms with van der Waals surface area (Å²) in [6.07, 6.45) is 1.47. The number of piperazine rings is 1. The first kappa shape index (κ1) is 34.4. The van der Waals surface area contributed by atoms with E-state index in [9.17, 15) is 13.2 Å². The monoisotopic (exact) mass is 668 g/mol. The summed E-state index contributed by atoms with van der Waals surface area (Å²) in [5.41, 5.74) is 11.6. The smallest absolute Gasteiger partial charge is 0.406 e. The number of halogens is 6. The average Bonchev–Trinajstić information content (AvgIpc) is 3.34. The van der Waals surface area contributed by atoms with Crippen molar-refractivity contribution in [1.82, 2.24) is 14.4 Å². The Hall–Kier alpha value is -2.46. The van der Waals surface area contributed by atoms with Gasteiger partial charge in [0.05, 0.1) is 0 Å². The summed E-state index contributed by atoms with van der Waals surface area (Å²) in [6.45, 7) is 5.60. The standard InChI is InChI=1S/C33H36ClF3N4O.2ClH/c34-31-4-2-1-3-25(31)21-40-17-15-39(16-18-40)20-23-5-14-32-29(19-23)30(22-41(32)27-10-8-26(38)9-11-27)24-6-12-28(13-7-24)42-33(35,36)37;;/h1-7,12-14,19,22,26-27H,8-11,15-18,20-21,38H2;2*1H. The van der Waals surface area contributed by atoms with Crippen LogP contribution in [0.3, 0.4) is 0 Å². The summed E-state index contributed by atoms with van der Waals surface area (Å²) in [6, 6.07) is 21.5. The van der Waals surface area contributed by atoms with Gasteiger partial charge in [0.25, 0.3) is 0 Å². The van der Waals surface area contributed by atoms with Crippen molar-refractivity contribution in [3.8, 4) is 16.9 Å². The van der Waals surface area contributed by atoms with Gasteiger partial charge in [-0.3, -0.25) is 9.80 Å². The summed E-state index contributed by atoms with van der Waals surface area (Å²) in [5.74, 6) is -0.217. The largest absolute Gasteiger partial charge is 0.573 e. The molecule has 44 heavy (non-hydrogen) atoms. The van der Waals surface area contributed by atoms with Crippen molar-refractivity contribution < 1.29 is 17.9 Å². The van der Waals surface area contributed by atoms with E-state index in [-0.39, 0.29) is 36.6 Å². The van der Waals surface area contributed by atoms with E-state index in [2.05, 4.69) is 49.6 Å². The van der Waals surface area contributed by atoms with Crippen LogP contribution in [0.4, 0.5) is 13.2 Å². The molecule has 2 aliphatic rings. The Kier molecular flexibility index (Phi) is 11.5. The normalized spacial score (nSPS) is 19.8. The molecule has 0 spiro atoms. The lowest BCUT2D eigenvalue weighted by Crippen LogP contribution is -2.45. The number of alkyl halides is 3. The number of benzene rings is 3. The first-order valence-electron chi connectivity index (χ1n) is 14.7. The Balaban J connectivity index is 0.00000221. The van der Waals surface area contributed by atoms with E-state index < -0.39 is 6.36 Å². The molecule has 0 bridgehead atoms. The highest BCUT2D eigenvalue weighted by atomic mass is 35.5. The molecule has 0 radical (unpaired) electrons. The van der Waals surface area contributed by atoms with Crippen LogP contribution in [0.5, 0.6) is 5.75 Å². The predicted octanol–water partition coefficient (Wildman–Crippen LogP) is 8.46. The molecule has 4 aromatic rings. The zero-order valence-electron chi connectivity index (χ0n) is 24.3. The maximum Gasteiger partial charge on any atom is 0.573 e. The third kappa shape index (κ3) is 8.22. The molecule has 11 heteroatoms. The minimum Gasteiger partial charge on any atom is -0.406 e. The summed E-state index contributed by atoms with van der Waals surface area (Å²) >= 11 is 6.38. The molecule has 5 nitrogen and oxygen atoms in total. The van der Waals surface area contributed by atoms with Crippen molar-refractivity contribution in [3.63, 3.8) is 0 Å². The van der Waals surface area contributed by atoms with Crippen molar-refractivity contribution in [1.29, 1.82) is 0 Å². The Morgan fingerprint density at radius 1 is 0.818 bits per heavy atom. The van der Waals surface area contributed by atoms with E-state index in [1.807, 2.05) is 18.2 Å². The van der Waals surface area contributed by atoms with Gasteiger partial charge in [-0.25, -0.2) is 0 Å². The van der Waals surface area contributed by atoms with Crippen LogP contribution >= 0.6 is 36.4 Å². The lowest BCUT2D eigenvalue weighted by Gasteiger charge is -2.35. The molecule has 6 rings (SSSR count). The lowest BCUT2D eigenvalue weighted by atomic mass is 9.91. The van der Waals surface area contributed by atoms with E-state index in [0.29, 0.717) is 6.04 Å². The van der Waals surface area contributed by atoms with E-state index >= 15 is 0 Å². The van der Waals surface area contributed by atoms with Crippen molar-refractivity contribution in [2.24, 2.45) is 5.73 Å². The molecule has 1 aromatic heterocycles. The van der Waals surface area contributed by atoms with Crippen LogP contribution in [0.25, 0.3) is 22.0 Å². The number of aromatic nitrogens is 1. The Bertz CT molecular complexity index is 1510. The molecule has 2 N–H and O–H groups in total. The molecule has 2 fully saturated rings. The van der Waals surface area contributed by atoms with E-state index in [1.54, 1.807) is 12.1 Å². The molecule has 1 aliphatic heterocycles. The molecule has 2 heterocycles. The first-order chi connectivity index (χ1) is 20.2. The number of nitrogens with two attached hydrogens (primary N) is 1. The second kappa shape index (κ2) is 14.8. The van der Waals surface area contributed by atoms with Gasteiger partial charge in [0.2, 0.25) is 0 Å². The molecule has 1 saturated heterocycles. The van der Waals surface area contributed by atoms with Crippen LogP contribution in [-0.4, -0.2) is 53.0 Å². The van der Waals surface area contributed by atoms with E-state index in [4.69, 9.17) is 17.3 Å². The molecule has 0 atom stereocenters. The maximum absolute atomic E-state index is 12.7. The summed E-state index contributed by atoms with van der Waals surface area (Å²) in [7, 11) is 0. The van der Waals surface area contributed by atoms with E-state index in [1.165, 1.54) is 17.7 Å². The fourth-order valence-electron chi connectivity index (χ4n) is 6.38. The molecule has 0 amide bonds. The van der Waals surface area contributed by atoms with Gasteiger partial charge in [-0.2, -0.15) is 0 Å². The lowest BCUT2D eigenvalue weighted by molar-refractivity contribution is -0.274. The van der Waals surface area contributed by atoms with Gasteiger partial charge in [-0.15, -0.1) is 38.0 Å². The molecule has 3 aromatic carbocycles. The van der Waals surface area contributed by atoms with Gasteiger partial charge in [0, 0.05) is 79.0 Å². The predicted molar refractivity (Wildman–Crippen MR) is 176 cm³/mol. The molecular formula is C33H38Cl3F3N4O. The van der Waals surface area contributed by atoms with Crippen molar-refractivity contribution in [2.45, 2.75) is 57.2 Å². The second-order valence-corrected chi connectivity index (χ2v) is 12.0. The second-order valence-electron chi connectivity index (χ2n) is 11.6. The average molecular weight is 670 g/mol. The summed E-state index contributed by atoms with van der Waals surface area (Å²) in [5, 5.41) is 1.93.